The molecule has 3 aromatic heterocycles. The standard InChI is InChI=1S/C21H18N4O4/c26-20(17-7-8-18(24-21(17)27)19-6-2-12-29-19)23-15-4-1-5-16(14-15)28-13-11-25-10-3-9-22-25/h1-10,12,14H,11,13H2,(H,23,26)(H,24,27). The van der Waals surface area contributed by atoms with Gasteiger partial charge >= 0.3 is 0 Å². The lowest BCUT2D eigenvalue weighted by Crippen LogP contribution is -2.23. The van der Waals surface area contributed by atoms with Crippen LogP contribution >= 0.6 is 0 Å². The Balaban J connectivity index is 1.41. The van der Waals surface area contributed by atoms with Crippen LogP contribution in [0.4, 0.5) is 5.69 Å². The third kappa shape index (κ3) is 4.44. The van der Waals surface area contributed by atoms with Gasteiger partial charge in [-0.15, -0.1) is 0 Å². The van der Waals surface area contributed by atoms with Crippen LogP contribution in [-0.4, -0.2) is 27.3 Å². The number of ether oxygens (including phenoxy) is 1. The third-order valence-corrected chi connectivity index (χ3v) is 4.18. The minimum atomic E-state index is -0.508. The van der Waals surface area contributed by atoms with Crippen molar-refractivity contribution in [2.45, 2.75) is 6.54 Å². The van der Waals surface area contributed by atoms with Gasteiger partial charge in [0.05, 0.1) is 18.5 Å². The SMILES string of the molecule is O=C(Nc1cccc(OCCn2cccn2)c1)c1ccc(-c2ccco2)[nH]c1=O. The lowest BCUT2D eigenvalue weighted by Gasteiger charge is -2.09. The van der Waals surface area contributed by atoms with E-state index in [1.807, 2.05) is 12.3 Å². The maximum absolute atomic E-state index is 12.5. The molecule has 8 nitrogen and oxygen atoms in total. The van der Waals surface area contributed by atoms with Crippen molar-refractivity contribution in [1.82, 2.24) is 14.8 Å². The van der Waals surface area contributed by atoms with Gasteiger partial charge in [0.25, 0.3) is 11.5 Å². The number of benzene rings is 1. The molecule has 4 aromatic rings. The van der Waals surface area contributed by atoms with Crippen LogP contribution in [0, 0.1) is 0 Å². The highest BCUT2D eigenvalue weighted by atomic mass is 16.5. The summed E-state index contributed by atoms with van der Waals surface area (Å²) in [6.07, 6.45) is 5.08. The number of H-pyrrole nitrogens is 1. The van der Waals surface area contributed by atoms with E-state index in [2.05, 4.69) is 15.4 Å². The Morgan fingerprint density at radius 3 is 2.86 bits per heavy atom. The van der Waals surface area contributed by atoms with Gasteiger partial charge in [-0.3, -0.25) is 14.3 Å². The summed E-state index contributed by atoms with van der Waals surface area (Å²) in [7, 11) is 0. The summed E-state index contributed by atoms with van der Waals surface area (Å²) < 4.78 is 12.7. The van der Waals surface area contributed by atoms with Gasteiger partial charge in [0.2, 0.25) is 0 Å². The molecule has 1 aromatic carbocycles. The molecular formula is C21H18N4O4. The smallest absolute Gasteiger partial charge is 0.261 e. The maximum Gasteiger partial charge on any atom is 0.261 e. The van der Waals surface area contributed by atoms with E-state index in [1.165, 1.54) is 12.3 Å². The lowest BCUT2D eigenvalue weighted by molar-refractivity contribution is 0.102. The fourth-order valence-electron chi connectivity index (χ4n) is 2.78. The molecule has 0 aliphatic rings. The first-order valence-electron chi connectivity index (χ1n) is 8.98. The molecule has 0 unspecified atom stereocenters. The van der Waals surface area contributed by atoms with E-state index in [0.29, 0.717) is 36.0 Å². The monoisotopic (exact) mass is 390 g/mol. The number of nitrogens with zero attached hydrogens (tertiary/aromatic N) is 2. The summed E-state index contributed by atoms with van der Waals surface area (Å²) >= 11 is 0. The maximum atomic E-state index is 12.5. The van der Waals surface area contributed by atoms with E-state index >= 15 is 0 Å². The van der Waals surface area contributed by atoms with Gasteiger partial charge in [0, 0.05) is 24.1 Å². The van der Waals surface area contributed by atoms with Crippen molar-refractivity contribution in [2.24, 2.45) is 0 Å². The minimum absolute atomic E-state index is 0.00492. The Morgan fingerprint density at radius 1 is 1.17 bits per heavy atom. The quantitative estimate of drug-likeness (QED) is 0.505. The van der Waals surface area contributed by atoms with Crippen LogP contribution in [0.5, 0.6) is 5.75 Å². The average molecular weight is 390 g/mol. The van der Waals surface area contributed by atoms with Gasteiger partial charge in [0.1, 0.15) is 23.7 Å². The molecule has 146 valence electrons. The van der Waals surface area contributed by atoms with Crippen LogP contribution in [0.2, 0.25) is 0 Å². The number of carbonyl (C=O) groups is 1. The van der Waals surface area contributed by atoms with Crippen LogP contribution in [0.1, 0.15) is 10.4 Å². The van der Waals surface area contributed by atoms with Gasteiger partial charge in [-0.05, 0) is 42.5 Å². The predicted molar refractivity (Wildman–Crippen MR) is 107 cm³/mol. The summed E-state index contributed by atoms with van der Waals surface area (Å²) in [6.45, 7) is 1.05. The number of amides is 1. The summed E-state index contributed by atoms with van der Waals surface area (Å²) in [6, 6.07) is 15.4. The van der Waals surface area contributed by atoms with Gasteiger partial charge in [-0.2, -0.15) is 5.10 Å². The molecule has 1 amide bonds. The first-order chi connectivity index (χ1) is 14.2. The number of nitrogens with one attached hydrogen (secondary N) is 2. The van der Waals surface area contributed by atoms with Crippen LogP contribution in [0.25, 0.3) is 11.5 Å². The zero-order chi connectivity index (χ0) is 20.1. The Labute approximate surface area is 165 Å². The molecule has 0 saturated carbocycles. The van der Waals surface area contributed by atoms with Crippen molar-refractivity contribution in [3.05, 3.63) is 89.2 Å². The molecule has 0 aliphatic carbocycles. The molecule has 0 spiro atoms. The number of aromatic amines is 1. The second kappa shape index (κ2) is 8.30. The van der Waals surface area contributed by atoms with Crippen LogP contribution < -0.4 is 15.6 Å². The van der Waals surface area contributed by atoms with E-state index in [9.17, 15) is 9.59 Å². The van der Waals surface area contributed by atoms with E-state index in [1.54, 1.807) is 53.3 Å². The first kappa shape index (κ1) is 18.3. The topological polar surface area (TPSA) is 102 Å². The first-order valence-corrected chi connectivity index (χ1v) is 8.98. The largest absolute Gasteiger partial charge is 0.492 e. The van der Waals surface area contributed by atoms with E-state index < -0.39 is 11.5 Å². The van der Waals surface area contributed by atoms with Gasteiger partial charge < -0.3 is 19.5 Å². The van der Waals surface area contributed by atoms with E-state index in [0.717, 1.165) is 0 Å². The zero-order valence-electron chi connectivity index (χ0n) is 15.4. The molecule has 0 bridgehead atoms. The van der Waals surface area contributed by atoms with Gasteiger partial charge in [-0.1, -0.05) is 6.07 Å². The summed E-state index contributed by atoms with van der Waals surface area (Å²) in [5, 5.41) is 6.83. The predicted octanol–water partition coefficient (Wildman–Crippen LogP) is 3.16. The van der Waals surface area contributed by atoms with Crippen molar-refractivity contribution < 1.29 is 13.9 Å². The number of hydrogen-bond acceptors (Lipinski definition) is 5. The van der Waals surface area contributed by atoms with Crippen molar-refractivity contribution in [1.29, 1.82) is 0 Å². The van der Waals surface area contributed by atoms with Crippen molar-refractivity contribution >= 4 is 11.6 Å². The molecule has 0 fully saturated rings. The molecule has 0 atom stereocenters. The van der Waals surface area contributed by atoms with E-state index in [4.69, 9.17) is 9.15 Å². The molecule has 0 aliphatic heterocycles. The van der Waals surface area contributed by atoms with Gasteiger partial charge in [-0.25, -0.2) is 0 Å². The Kier molecular flexibility index (Phi) is 5.24. The molecule has 0 radical (unpaired) electrons. The number of aromatic nitrogens is 3. The molecular weight excluding hydrogens is 372 g/mol. The number of anilines is 1. The summed E-state index contributed by atoms with van der Waals surface area (Å²) in [4.78, 5) is 27.5. The lowest BCUT2D eigenvalue weighted by atomic mass is 10.2. The number of furan rings is 1. The summed E-state index contributed by atoms with van der Waals surface area (Å²) in [5.41, 5.74) is 0.540. The molecule has 4 rings (SSSR count). The number of pyridine rings is 1. The highest BCUT2D eigenvalue weighted by molar-refractivity contribution is 6.04. The fourth-order valence-corrected chi connectivity index (χ4v) is 2.78. The number of hydrogen-bond donors (Lipinski definition) is 2. The zero-order valence-corrected chi connectivity index (χ0v) is 15.4. The average Bonchev–Trinajstić information content (AvgIpc) is 3.42. The fraction of sp³-hybridized carbons (Fsp3) is 0.0952. The van der Waals surface area contributed by atoms with Crippen LogP contribution in [0.15, 0.2) is 82.5 Å². The molecule has 29 heavy (non-hydrogen) atoms. The molecule has 8 heteroatoms. The number of rotatable bonds is 7. The van der Waals surface area contributed by atoms with Crippen molar-refractivity contribution in [2.75, 3.05) is 11.9 Å². The highest BCUT2D eigenvalue weighted by Gasteiger charge is 2.13. The van der Waals surface area contributed by atoms with Crippen molar-refractivity contribution in [3.63, 3.8) is 0 Å². The third-order valence-electron chi connectivity index (χ3n) is 4.18. The summed E-state index contributed by atoms with van der Waals surface area (Å²) in [5.74, 6) is 0.622. The highest BCUT2D eigenvalue weighted by Crippen LogP contribution is 2.19. The molecule has 3 heterocycles. The Bertz CT molecular complexity index is 1150. The Hall–Kier alpha value is -4.07. The van der Waals surface area contributed by atoms with Gasteiger partial charge in [0.15, 0.2) is 0 Å². The number of carbonyl (C=O) groups excluding carboxylic acids is 1. The second-order valence-electron chi connectivity index (χ2n) is 6.19. The van der Waals surface area contributed by atoms with E-state index in [-0.39, 0.29) is 5.56 Å². The minimum Gasteiger partial charge on any atom is -0.492 e. The normalized spacial score (nSPS) is 10.6. The van der Waals surface area contributed by atoms with Crippen molar-refractivity contribution in [3.8, 4) is 17.2 Å². The molecule has 0 saturated heterocycles. The van der Waals surface area contributed by atoms with Crippen LogP contribution in [-0.2, 0) is 6.54 Å². The molecule has 2 N–H and O–H groups in total. The Morgan fingerprint density at radius 2 is 2.10 bits per heavy atom. The van der Waals surface area contributed by atoms with Crippen LogP contribution in [0.3, 0.4) is 0 Å². The second-order valence-corrected chi connectivity index (χ2v) is 6.19.